The van der Waals surface area contributed by atoms with Crippen LogP contribution in [0.3, 0.4) is 0 Å². The average Bonchev–Trinajstić information content (AvgIpc) is 2.76. The van der Waals surface area contributed by atoms with Crippen LogP contribution in [-0.4, -0.2) is 33.9 Å². The number of hydrogen-bond donors (Lipinski definition) is 2. The highest BCUT2D eigenvalue weighted by Crippen LogP contribution is 2.20. The van der Waals surface area contributed by atoms with E-state index in [1.165, 1.54) is 0 Å². The van der Waals surface area contributed by atoms with E-state index in [2.05, 4.69) is 10.4 Å². The first-order chi connectivity index (χ1) is 10.5. The minimum absolute atomic E-state index is 0.0599. The van der Waals surface area contributed by atoms with Gasteiger partial charge in [0, 0.05) is 29.4 Å². The van der Waals surface area contributed by atoms with Gasteiger partial charge in [-0.15, -0.1) is 0 Å². The summed E-state index contributed by atoms with van der Waals surface area (Å²) < 4.78 is 1.82. The molecule has 0 fully saturated rings. The number of amides is 1. The molecule has 0 aliphatic heterocycles. The normalized spacial score (nSPS) is 10.7. The molecular weight excluding hydrogens is 302 g/mol. The average molecular weight is 322 g/mol. The van der Waals surface area contributed by atoms with Crippen LogP contribution in [0.5, 0.6) is 0 Å². The van der Waals surface area contributed by atoms with Crippen LogP contribution in [0.1, 0.15) is 23.4 Å². The Bertz CT molecular complexity index is 650. The van der Waals surface area contributed by atoms with E-state index >= 15 is 0 Å². The number of hydrogen-bond acceptors (Lipinski definition) is 3. The van der Waals surface area contributed by atoms with Gasteiger partial charge in [-0.25, -0.2) is 4.68 Å². The van der Waals surface area contributed by atoms with E-state index in [-0.39, 0.29) is 18.9 Å². The van der Waals surface area contributed by atoms with Gasteiger partial charge in [0.15, 0.2) is 0 Å². The monoisotopic (exact) mass is 321 g/mol. The summed E-state index contributed by atoms with van der Waals surface area (Å²) in [6.07, 6.45) is 0.852. The predicted octanol–water partition coefficient (Wildman–Crippen LogP) is 2.18. The Morgan fingerprint density at radius 1 is 1.32 bits per heavy atom. The Labute approximate surface area is 134 Å². The third kappa shape index (κ3) is 3.87. The van der Waals surface area contributed by atoms with Crippen molar-refractivity contribution < 1.29 is 9.90 Å². The van der Waals surface area contributed by atoms with E-state index < -0.39 is 0 Å². The molecule has 1 aromatic carbocycles. The SMILES string of the molecule is Cc1nn(-c2ccc(Cl)cc2)c(C)c1CC(=O)NCCCO. The number of benzene rings is 1. The molecule has 22 heavy (non-hydrogen) atoms. The summed E-state index contributed by atoms with van der Waals surface area (Å²) in [6.45, 7) is 4.41. The van der Waals surface area contributed by atoms with Gasteiger partial charge in [0.2, 0.25) is 5.91 Å². The zero-order chi connectivity index (χ0) is 16.1. The molecule has 0 saturated carbocycles. The van der Waals surface area contributed by atoms with Crippen LogP contribution < -0.4 is 5.32 Å². The van der Waals surface area contributed by atoms with Crippen molar-refractivity contribution >= 4 is 17.5 Å². The number of carbonyl (C=O) groups excluding carboxylic acids is 1. The third-order valence-corrected chi connectivity index (χ3v) is 3.76. The minimum Gasteiger partial charge on any atom is -0.396 e. The van der Waals surface area contributed by atoms with Gasteiger partial charge >= 0.3 is 0 Å². The van der Waals surface area contributed by atoms with Gasteiger partial charge in [-0.2, -0.15) is 5.10 Å². The molecular formula is C16H20ClN3O2. The maximum absolute atomic E-state index is 11.9. The molecule has 0 aliphatic rings. The van der Waals surface area contributed by atoms with Gasteiger partial charge in [0.05, 0.1) is 17.8 Å². The number of aliphatic hydroxyl groups excluding tert-OH is 1. The molecule has 1 aromatic heterocycles. The third-order valence-electron chi connectivity index (χ3n) is 3.51. The first-order valence-corrected chi connectivity index (χ1v) is 7.59. The molecule has 0 saturated heterocycles. The Balaban J connectivity index is 2.16. The van der Waals surface area contributed by atoms with Gasteiger partial charge < -0.3 is 10.4 Å². The topological polar surface area (TPSA) is 67.2 Å². The molecule has 0 radical (unpaired) electrons. The molecule has 0 atom stereocenters. The van der Waals surface area contributed by atoms with Crippen molar-refractivity contribution in [2.24, 2.45) is 0 Å². The number of aliphatic hydroxyl groups is 1. The lowest BCUT2D eigenvalue weighted by Gasteiger charge is -2.06. The van der Waals surface area contributed by atoms with Crippen molar-refractivity contribution in [2.75, 3.05) is 13.2 Å². The van der Waals surface area contributed by atoms with Gasteiger partial charge in [-0.1, -0.05) is 11.6 Å². The summed E-state index contributed by atoms with van der Waals surface area (Å²) in [5, 5.41) is 16.7. The lowest BCUT2D eigenvalue weighted by molar-refractivity contribution is -0.120. The lowest BCUT2D eigenvalue weighted by atomic mass is 10.1. The molecule has 118 valence electrons. The van der Waals surface area contributed by atoms with Gasteiger partial charge in [-0.05, 0) is 44.5 Å². The van der Waals surface area contributed by atoms with Crippen molar-refractivity contribution in [1.82, 2.24) is 15.1 Å². The zero-order valence-electron chi connectivity index (χ0n) is 12.8. The van der Waals surface area contributed by atoms with E-state index in [1.807, 2.05) is 42.8 Å². The summed E-state index contributed by atoms with van der Waals surface area (Å²) in [7, 11) is 0. The lowest BCUT2D eigenvalue weighted by Crippen LogP contribution is -2.27. The van der Waals surface area contributed by atoms with Crippen LogP contribution in [0.4, 0.5) is 0 Å². The molecule has 2 N–H and O–H groups in total. The van der Waals surface area contributed by atoms with E-state index in [4.69, 9.17) is 16.7 Å². The smallest absolute Gasteiger partial charge is 0.224 e. The molecule has 0 unspecified atom stereocenters. The fourth-order valence-electron chi connectivity index (χ4n) is 2.29. The predicted molar refractivity (Wildman–Crippen MR) is 86.5 cm³/mol. The van der Waals surface area contributed by atoms with E-state index in [1.54, 1.807) is 0 Å². The second-order valence-corrected chi connectivity index (χ2v) is 5.58. The zero-order valence-corrected chi connectivity index (χ0v) is 13.5. The van der Waals surface area contributed by atoms with Crippen molar-refractivity contribution in [1.29, 1.82) is 0 Å². The summed E-state index contributed by atoms with van der Waals surface area (Å²) in [4.78, 5) is 11.9. The number of aryl methyl sites for hydroxylation is 1. The highest BCUT2D eigenvalue weighted by Gasteiger charge is 2.15. The second kappa shape index (κ2) is 7.42. The molecule has 2 rings (SSSR count). The number of carbonyl (C=O) groups is 1. The van der Waals surface area contributed by atoms with Gasteiger partial charge in [-0.3, -0.25) is 4.79 Å². The Morgan fingerprint density at radius 3 is 2.64 bits per heavy atom. The fraction of sp³-hybridized carbons (Fsp3) is 0.375. The summed E-state index contributed by atoms with van der Waals surface area (Å²) >= 11 is 5.90. The van der Waals surface area contributed by atoms with Gasteiger partial charge in [0.1, 0.15) is 0 Å². The minimum atomic E-state index is -0.0599. The number of nitrogens with one attached hydrogen (secondary N) is 1. The van der Waals surface area contributed by atoms with Crippen molar-refractivity contribution in [3.63, 3.8) is 0 Å². The van der Waals surface area contributed by atoms with Crippen molar-refractivity contribution in [3.8, 4) is 5.69 Å². The number of rotatable bonds is 6. The maximum Gasteiger partial charge on any atom is 0.224 e. The Hall–Kier alpha value is -1.85. The number of halogens is 1. The molecule has 0 bridgehead atoms. The number of nitrogens with zero attached hydrogens (tertiary/aromatic N) is 2. The molecule has 5 nitrogen and oxygen atoms in total. The maximum atomic E-state index is 11.9. The number of aromatic nitrogens is 2. The van der Waals surface area contributed by atoms with Crippen LogP contribution in [0.2, 0.25) is 5.02 Å². The van der Waals surface area contributed by atoms with Crippen LogP contribution in [-0.2, 0) is 11.2 Å². The van der Waals surface area contributed by atoms with E-state index in [0.717, 1.165) is 22.6 Å². The molecule has 1 heterocycles. The molecule has 6 heteroatoms. The Kier molecular flexibility index (Phi) is 5.57. The highest BCUT2D eigenvalue weighted by molar-refractivity contribution is 6.30. The summed E-state index contributed by atoms with van der Waals surface area (Å²) in [5.74, 6) is -0.0599. The summed E-state index contributed by atoms with van der Waals surface area (Å²) in [6, 6.07) is 7.42. The van der Waals surface area contributed by atoms with E-state index in [0.29, 0.717) is 18.0 Å². The first-order valence-electron chi connectivity index (χ1n) is 7.21. The molecule has 2 aromatic rings. The quantitative estimate of drug-likeness (QED) is 0.801. The van der Waals surface area contributed by atoms with Crippen LogP contribution in [0.25, 0.3) is 5.69 Å². The largest absolute Gasteiger partial charge is 0.396 e. The fourth-order valence-corrected chi connectivity index (χ4v) is 2.42. The van der Waals surface area contributed by atoms with Gasteiger partial charge in [0.25, 0.3) is 0 Å². The van der Waals surface area contributed by atoms with Crippen molar-refractivity contribution in [3.05, 3.63) is 46.2 Å². The van der Waals surface area contributed by atoms with Crippen LogP contribution >= 0.6 is 11.6 Å². The standard InChI is InChI=1S/C16H20ClN3O2/c1-11-15(10-16(22)18-8-3-9-21)12(2)20(19-11)14-6-4-13(17)5-7-14/h4-7,21H,3,8-10H2,1-2H3,(H,18,22). The second-order valence-electron chi connectivity index (χ2n) is 5.14. The first kappa shape index (κ1) is 16.5. The van der Waals surface area contributed by atoms with Crippen LogP contribution in [0, 0.1) is 13.8 Å². The summed E-state index contributed by atoms with van der Waals surface area (Å²) in [5.41, 5.74) is 3.62. The molecule has 1 amide bonds. The van der Waals surface area contributed by atoms with Crippen LogP contribution in [0.15, 0.2) is 24.3 Å². The molecule has 0 spiro atoms. The molecule has 0 aliphatic carbocycles. The van der Waals surface area contributed by atoms with E-state index in [9.17, 15) is 4.79 Å². The highest BCUT2D eigenvalue weighted by atomic mass is 35.5. The Morgan fingerprint density at radius 2 is 2.00 bits per heavy atom. The van der Waals surface area contributed by atoms with Crippen molar-refractivity contribution in [2.45, 2.75) is 26.7 Å².